The molecule has 1 fully saturated rings. The summed E-state index contributed by atoms with van der Waals surface area (Å²) in [5, 5.41) is 23.3. The van der Waals surface area contributed by atoms with Crippen LogP contribution in [-0.4, -0.2) is 50.1 Å². The summed E-state index contributed by atoms with van der Waals surface area (Å²) >= 11 is 0. The average molecular weight is 411 g/mol. The molecule has 1 aromatic carbocycles. The molecule has 2 aliphatic heterocycles. The second-order valence-electron chi connectivity index (χ2n) is 8.37. The van der Waals surface area contributed by atoms with Crippen molar-refractivity contribution in [3.8, 4) is 0 Å². The van der Waals surface area contributed by atoms with Crippen LogP contribution in [-0.2, 0) is 13.0 Å². The number of benzene rings is 1. The molecule has 0 radical (unpaired) electrons. The number of rotatable bonds is 5. The fourth-order valence-electron chi connectivity index (χ4n) is 4.74. The second-order valence-corrected chi connectivity index (χ2v) is 8.37. The number of hydrogen-bond acceptors (Lipinski definition) is 6. The van der Waals surface area contributed by atoms with E-state index >= 15 is 0 Å². The van der Waals surface area contributed by atoms with E-state index in [-0.39, 0.29) is 11.5 Å². The minimum absolute atomic E-state index is 0.00455. The van der Waals surface area contributed by atoms with Crippen LogP contribution in [0, 0.1) is 12.8 Å². The molecule has 1 unspecified atom stereocenters. The van der Waals surface area contributed by atoms with Crippen LogP contribution in [0.4, 0.5) is 0 Å². The molecule has 0 saturated carbocycles. The zero-order chi connectivity index (χ0) is 21.1. The van der Waals surface area contributed by atoms with Gasteiger partial charge in [0.1, 0.15) is 11.9 Å². The van der Waals surface area contributed by atoms with Gasteiger partial charge in [0.2, 0.25) is 0 Å². The van der Waals surface area contributed by atoms with Gasteiger partial charge >= 0.3 is 0 Å². The van der Waals surface area contributed by atoms with E-state index in [9.17, 15) is 15.1 Å². The molecule has 0 aliphatic carbocycles. The minimum atomic E-state index is -0.634. The Kier molecular flexibility index (Phi) is 6.29. The van der Waals surface area contributed by atoms with Gasteiger partial charge in [0, 0.05) is 30.3 Å². The van der Waals surface area contributed by atoms with Crippen molar-refractivity contribution in [3.63, 3.8) is 0 Å². The van der Waals surface area contributed by atoms with Gasteiger partial charge in [0.15, 0.2) is 0 Å². The van der Waals surface area contributed by atoms with Gasteiger partial charge < -0.3 is 15.2 Å². The first-order valence-electron chi connectivity index (χ1n) is 10.9. The smallest absolute Gasteiger partial charge is 0.257 e. The van der Waals surface area contributed by atoms with Crippen molar-refractivity contribution in [1.29, 1.82) is 0 Å². The van der Waals surface area contributed by atoms with E-state index in [2.05, 4.69) is 15.0 Å². The lowest BCUT2D eigenvalue weighted by atomic mass is 9.88. The molecule has 1 saturated heterocycles. The van der Waals surface area contributed by atoms with Crippen LogP contribution in [0.2, 0.25) is 0 Å². The maximum Gasteiger partial charge on any atom is 0.257 e. The molecule has 2 aliphatic rings. The number of nitrogens with zero attached hydrogens (tertiary/aromatic N) is 4. The molecule has 4 rings (SSSR count). The van der Waals surface area contributed by atoms with Gasteiger partial charge in [0.25, 0.3) is 5.56 Å². The maximum absolute atomic E-state index is 12.9. The molecule has 160 valence electrons. The lowest BCUT2D eigenvalue weighted by Crippen LogP contribution is -2.39. The molecule has 0 amide bonds. The highest BCUT2D eigenvalue weighted by Gasteiger charge is 2.26. The zero-order valence-electron chi connectivity index (χ0n) is 17.5. The van der Waals surface area contributed by atoms with Gasteiger partial charge in [-0.1, -0.05) is 35.5 Å². The number of aryl methyl sites for hydroxylation is 1. The zero-order valence-corrected chi connectivity index (χ0v) is 17.5. The molecule has 2 N–H and O–H groups in total. The SMILES string of the molecule is Cc1nc2n(c(=O)c1CCN1CCC(/C(=N/O)c3ccccc3)CC1)CCCC2O. The van der Waals surface area contributed by atoms with Crippen LogP contribution in [0.3, 0.4) is 0 Å². The Morgan fingerprint density at radius 3 is 2.60 bits per heavy atom. The molecule has 1 aromatic heterocycles. The van der Waals surface area contributed by atoms with Crippen molar-refractivity contribution in [2.45, 2.75) is 51.7 Å². The Labute approximate surface area is 176 Å². The standard InChI is InChI=1S/C23H30N4O3/c1-16-19(23(29)27-12-5-8-20(28)22(27)24-16)11-15-26-13-9-18(10-14-26)21(25-30)17-6-3-2-4-7-17/h2-4,6-7,18,20,28,30H,5,8-15H2,1H3/b25-21+. The first kappa shape index (κ1) is 20.8. The van der Waals surface area contributed by atoms with Gasteiger partial charge in [-0.3, -0.25) is 9.36 Å². The van der Waals surface area contributed by atoms with E-state index in [0.717, 1.165) is 61.4 Å². The van der Waals surface area contributed by atoms with Gasteiger partial charge in [0.05, 0.1) is 5.71 Å². The highest BCUT2D eigenvalue weighted by atomic mass is 16.4. The third-order valence-electron chi connectivity index (χ3n) is 6.49. The third-order valence-corrected chi connectivity index (χ3v) is 6.49. The number of likely N-dealkylation sites (tertiary alicyclic amines) is 1. The summed E-state index contributed by atoms with van der Waals surface area (Å²) in [4.78, 5) is 19.9. The van der Waals surface area contributed by atoms with E-state index < -0.39 is 6.10 Å². The lowest BCUT2D eigenvalue weighted by Gasteiger charge is -2.32. The quantitative estimate of drug-likeness (QED) is 0.449. The average Bonchev–Trinajstić information content (AvgIpc) is 2.77. The predicted molar refractivity (Wildman–Crippen MR) is 115 cm³/mol. The number of oxime groups is 1. The predicted octanol–water partition coefficient (Wildman–Crippen LogP) is 2.51. The molecular weight excluding hydrogens is 380 g/mol. The number of piperidine rings is 1. The summed E-state index contributed by atoms with van der Waals surface area (Å²) in [5.74, 6) is 0.762. The van der Waals surface area contributed by atoms with E-state index in [0.29, 0.717) is 25.2 Å². The van der Waals surface area contributed by atoms with Crippen molar-refractivity contribution in [3.05, 3.63) is 63.3 Å². The van der Waals surface area contributed by atoms with Gasteiger partial charge in [-0.05, 0) is 57.7 Å². The van der Waals surface area contributed by atoms with Gasteiger partial charge in [-0.15, -0.1) is 0 Å². The number of fused-ring (bicyclic) bond motifs is 1. The van der Waals surface area contributed by atoms with Gasteiger partial charge in [-0.2, -0.15) is 0 Å². The molecule has 0 bridgehead atoms. The first-order chi connectivity index (χ1) is 14.6. The molecule has 2 aromatic rings. The summed E-state index contributed by atoms with van der Waals surface area (Å²) in [6.07, 6.45) is 3.37. The van der Waals surface area contributed by atoms with Gasteiger partial charge in [-0.25, -0.2) is 4.98 Å². The largest absolute Gasteiger partial charge is 0.411 e. The summed E-state index contributed by atoms with van der Waals surface area (Å²) < 4.78 is 1.66. The summed E-state index contributed by atoms with van der Waals surface area (Å²) in [7, 11) is 0. The van der Waals surface area contributed by atoms with E-state index in [1.807, 2.05) is 37.3 Å². The lowest BCUT2D eigenvalue weighted by molar-refractivity contribution is 0.129. The molecular formula is C23H30N4O3. The number of aliphatic hydroxyl groups is 1. The maximum atomic E-state index is 12.9. The number of aliphatic hydroxyl groups excluding tert-OH is 1. The fraction of sp³-hybridized carbons (Fsp3) is 0.522. The monoisotopic (exact) mass is 410 g/mol. The Morgan fingerprint density at radius 1 is 1.17 bits per heavy atom. The second kappa shape index (κ2) is 9.10. The minimum Gasteiger partial charge on any atom is -0.411 e. The summed E-state index contributed by atoms with van der Waals surface area (Å²) in [6, 6.07) is 9.85. The van der Waals surface area contributed by atoms with Crippen LogP contribution < -0.4 is 5.56 Å². The van der Waals surface area contributed by atoms with Crippen LogP contribution in [0.5, 0.6) is 0 Å². The van der Waals surface area contributed by atoms with Crippen LogP contribution >= 0.6 is 0 Å². The normalized spacial score (nSPS) is 20.9. The molecule has 3 heterocycles. The van der Waals surface area contributed by atoms with Crippen molar-refractivity contribution < 1.29 is 10.3 Å². The third kappa shape index (κ3) is 4.18. The highest BCUT2D eigenvalue weighted by Crippen LogP contribution is 2.24. The van der Waals surface area contributed by atoms with Crippen LogP contribution in [0.1, 0.15) is 54.4 Å². The van der Waals surface area contributed by atoms with Crippen LogP contribution in [0.15, 0.2) is 40.3 Å². The Hall–Kier alpha value is -2.51. The van der Waals surface area contributed by atoms with Crippen LogP contribution in [0.25, 0.3) is 0 Å². The topological polar surface area (TPSA) is 91.0 Å². The Bertz CT molecular complexity index is 962. The number of hydrogen-bond donors (Lipinski definition) is 2. The molecule has 1 atom stereocenters. The highest BCUT2D eigenvalue weighted by molar-refractivity contribution is 6.01. The fourth-order valence-corrected chi connectivity index (χ4v) is 4.74. The first-order valence-corrected chi connectivity index (χ1v) is 10.9. The van der Waals surface area contributed by atoms with Crippen molar-refractivity contribution >= 4 is 5.71 Å². The van der Waals surface area contributed by atoms with E-state index in [4.69, 9.17) is 0 Å². The van der Waals surface area contributed by atoms with E-state index in [1.54, 1.807) is 4.57 Å². The molecule has 30 heavy (non-hydrogen) atoms. The van der Waals surface area contributed by atoms with E-state index in [1.165, 1.54) is 0 Å². The van der Waals surface area contributed by atoms with Crippen molar-refractivity contribution in [2.24, 2.45) is 11.1 Å². The Morgan fingerprint density at radius 2 is 1.90 bits per heavy atom. The van der Waals surface area contributed by atoms with Crippen molar-refractivity contribution in [1.82, 2.24) is 14.5 Å². The Balaban J connectivity index is 1.38. The molecule has 7 nitrogen and oxygen atoms in total. The number of aromatic nitrogens is 2. The summed E-state index contributed by atoms with van der Waals surface area (Å²) in [5.41, 5.74) is 3.24. The molecule has 0 spiro atoms. The van der Waals surface area contributed by atoms with Crippen molar-refractivity contribution in [2.75, 3.05) is 19.6 Å². The summed E-state index contributed by atoms with van der Waals surface area (Å²) in [6.45, 7) is 5.14. The molecule has 7 heteroatoms.